The first-order valence-electron chi connectivity index (χ1n) is 8.95. The van der Waals surface area contributed by atoms with Crippen LogP contribution in [0.3, 0.4) is 0 Å². The lowest BCUT2D eigenvalue weighted by molar-refractivity contribution is -0.0190. The van der Waals surface area contributed by atoms with Gasteiger partial charge in [-0.2, -0.15) is 0 Å². The van der Waals surface area contributed by atoms with Gasteiger partial charge in [0.25, 0.3) is 0 Å². The van der Waals surface area contributed by atoms with Gasteiger partial charge in [-0.1, -0.05) is 64.7 Å². The Morgan fingerprint density at radius 3 is 1.86 bits per heavy atom. The number of halogens is 4. The molecule has 1 radical (unpaired) electrons. The summed E-state index contributed by atoms with van der Waals surface area (Å²) in [5, 5.41) is 0. The molecule has 0 aromatic carbocycles. The van der Waals surface area contributed by atoms with Crippen LogP contribution in [0.2, 0.25) is 0 Å². The minimum Gasteiger partial charge on any atom is -0.211 e. The Bertz CT molecular complexity index is 229. The molecule has 0 atom stereocenters. The lowest BCUT2D eigenvalue weighted by Gasteiger charge is -2.14. The highest BCUT2D eigenvalue weighted by Crippen LogP contribution is 2.27. The molecule has 4 heteroatoms. The van der Waals surface area contributed by atoms with Crippen molar-refractivity contribution in [2.24, 2.45) is 0 Å². The molecule has 0 saturated carbocycles. The van der Waals surface area contributed by atoms with Crippen LogP contribution in [0.25, 0.3) is 0 Å². The number of unbranched alkanes of at least 4 members (excludes halogenated alkanes) is 10. The number of rotatable bonds is 16. The summed E-state index contributed by atoms with van der Waals surface area (Å²) in [6.07, 6.45) is 10.0. The Balaban J connectivity index is 3.15. The lowest BCUT2D eigenvalue weighted by Crippen LogP contribution is -2.14. The molecule has 0 aliphatic carbocycles. The van der Waals surface area contributed by atoms with Gasteiger partial charge < -0.3 is 0 Å². The molecular weight excluding hydrogens is 292 g/mol. The molecule has 0 aromatic rings. The molecule has 22 heavy (non-hydrogen) atoms. The summed E-state index contributed by atoms with van der Waals surface area (Å²) in [6, 6.07) is 0. The molecule has 0 N–H and O–H groups in total. The summed E-state index contributed by atoms with van der Waals surface area (Å²) in [6.45, 7) is 1.79. The van der Waals surface area contributed by atoms with Gasteiger partial charge in [-0.05, 0) is 19.3 Å². The quantitative estimate of drug-likeness (QED) is 0.203. The molecule has 0 spiro atoms. The summed E-state index contributed by atoms with van der Waals surface area (Å²) < 4.78 is 50.2. The first-order chi connectivity index (χ1) is 10.5. The molecule has 0 aliphatic rings. The van der Waals surface area contributed by atoms with Crippen LogP contribution in [0.15, 0.2) is 0 Å². The maximum atomic E-state index is 13.2. The van der Waals surface area contributed by atoms with Crippen molar-refractivity contribution < 1.29 is 17.6 Å². The summed E-state index contributed by atoms with van der Waals surface area (Å²) in [4.78, 5) is 0. The Kier molecular flexibility index (Phi) is 14.1. The average molecular weight is 325 g/mol. The maximum Gasteiger partial charge on any atom is 0.248 e. The van der Waals surface area contributed by atoms with E-state index < -0.39 is 12.3 Å². The third-order valence-corrected chi connectivity index (χ3v) is 3.90. The standard InChI is InChI=1S/C18H33F4/c1-2-15-18(21,22)16-13-11-9-7-5-3-4-6-8-10-12-14-17(19)20/h3,17H,2,4-16H2,1H3. The molecule has 0 heterocycles. The number of hydrogen-bond donors (Lipinski definition) is 0. The molecular formula is C18H33F4. The van der Waals surface area contributed by atoms with E-state index in [1.54, 1.807) is 6.92 Å². The van der Waals surface area contributed by atoms with Gasteiger partial charge in [0.05, 0.1) is 0 Å². The van der Waals surface area contributed by atoms with Crippen molar-refractivity contribution in [1.82, 2.24) is 0 Å². The largest absolute Gasteiger partial charge is 0.248 e. The number of hydrogen-bond acceptors (Lipinski definition) is 0. The van der Waals surface area contributed by atoms with E-state index in [1.165, 1.54) is 0 Å². The third-order valence-electron chi connectivity index (χ3n) is 3.90. The fourth-order valence-corrected chi connectivity index (χ4v) is 2.60. The van der Waals surface area contributed by atoms with Crippen molar-refractivity contribution in [3.63, 3.8) is 0 Å². The minimum atomic E-state index is -2.47. The fraction of sp³-hybridized carbons (Fsp3) is 0.944. The Morgan fingerprint density at radius 1 is 0.773 bits per heavy atom. The van der Waals surface area contributed by atoms with E-state index in [9.17, 15) is 17.6 Å². The SMILES string of the molecule is CCCC(F)(F)CCCCCC[CH]CCCCCCC(F)F. The van der Waals surface area contributed by atoms with Crippen molar-refractivity contribution in [3.05, 3.63) is 6.42 Å². The lowest BCUT2D eigenvalue weighted by atomic mass is 10.0. The van der Waals surface area contributed by atoms with Crippen molar-refractivity contribution >= 4 is 0 Å². The van der Waals surface area contributed by atoms with Gasteiger partial charge in [-0.3, -0.25) is 0 Å². The second-order valence-corrected chi connectivity index (χ2v) is 6.23. The molecule has 0 rings (SSSR count). The van der Waals surface area contributed by atoms with Gasteiger partial charge in [0, 0.05) is 19.3 Å². The predicted molar refractivity (Wildman–Crippen MR) is 85.6 cm³/mol. The zero-order valence-electron chi connectivity index (χ0n) is 14.1. The fourth-order valence-electron chi connectivity index (χ4n) is 2.60. The molecule has 0 aromatic heterocycles. The minimum absolute atomic E-state index is 0.0120. The van der Waals surface area contributed by atoms with E-state index in [2.05, 4.69) is 6.42 Å². The van der Waals surface area contributed by atoms with Crippen molar-refractivity contribution in [1.29, 1.82) is 0 Å². The van der Waals surface area contributed by atoms with E-state index >= 15 is 0 Å². The van der Waals surface area contributed by atoms with E-state index in [0.29, 0.717) is 19.3 Å². The van der Waals surface area contributed by atoms with Gasteiger partial charge in [0.15, 0.2) is 0 Å². The zero-order valence-corrected chi connectivity index (χ0v) is 14.1. The topological polar surface area (TPSA) is 0 Å². The molecule has 0 amide bonds. The highest BCUT2D eigenvalue weighted by Gasteiger charge is 2.26. The van der Waals surface area contributed by atoms with Crippen LogP contribution in [0.1, 0.15) is 96.8 Å². The second-order valence-electron chi connectivity index (χ2n) is 6.23. The van der Waals surface area contributed by atoms with E-state index in [1.807, 2.05) is 0 Å². The maximum absolute atomic E-state index is 13.2. The van der Waals surface area contributed by atoms with Gasteiger partial charge in [-0.15, -0.1) is 0 Å². The number of alkyl halides is 4. The molecule has 0 bridgehead atoms. The van der Waals surface area contributed by atoms with Crippen LogP contribution >= 0.6 is 0 Å². The Morgan fingerprint density at radius 2 is 1.32 bits per heavy atom. The Hall–Kier alpha value is -0.280. The summed E-state index contributed by atoms with van der Waals surface area (Å²) >= 11 is 0. The summed E-state index contributed by atoms with van der Waals surface area (Å²) in [5.74, 6) is -2.47. The first kappa shape index (κ1) is 21.7. The van der Waals surface area contributed by atoms with Crippen LogP contribution in [-0.4, -0.2) is 12.3 Å². The second kappa shape index (κ2) is 14.3. The average Bonchev–Trinajstić information content (AvgIpc) is 2.43. The van der Waals surface area contributed by atoms with E-state index in [4.69, 9.17) is 0 Å². The predicted octanol–water partition coefficient (Wildman–Crippen LogP) is 7.57. The molecule has 0 fully saturated rings. The van der Waals surface area contributed by atoms with E-state index in [-0.39, 0.29) is 19.3 Å². The monoisotopic (exact) mass is 325 g/mol. The van der Waals surface area contributed by atoms with Crippen LogP contribution in [0.5, 0.6) is 0 Å². The highest BCUT2D eigenvalue weighted by atomic mass is 19.3. The van der Waals surface area contributed by atoms with Crippen LogP contribution < -0.4 is 0 Å². The van der Waals surface area contributed by atoms with Crippen LogP contribution in [0, 0.1) is 6.42 Å². The Labute approximate surface area is 134 Å². The summed E-state index contributed by atoms with van der Waals surface area (Å²) in [5.41, 5.74) is 0. The van der Waals surface area contributed by atoms with Gasteiger partial charge in [0.1, 0.15) is 0 Å². The highest BCUT2D eigenvalue weighted by molar-refractivity contribution is 4.67. The van der Waals surface area contributed by atoms with Crippen LogP contribution in [-0.2, 0) is 0 Å². The molecule has 0 unspecified atom stereocenters. The van der Waals surface area contributed by atoms with Crippen LogP contribution in [0.4, 0.5) is 17.6 Å². The zero-order chi connectivity index (χ0) is 16.7. The molecule has 0 aliphatic heterocycles. The summed E-state index contributed by atoms with van der Waals surface area (Å²) in [7, 11) is 0. The molecule has 0 nitrogen and oxygen atoms in total. The first-order valence-corrected chi connectivity index (χ1v) is 8.95. The smallest absolute Gasteiger partial charge is 0.211 e. The van der Waals surface area contributed by atoms with Gasteiger partial charge >= 0.3 is 0 Å². The normalized spacial score (nSPS) is 12.3. The van der Waals surface area contributed by atoms with Crippen molar-refractivity contribution in [3.8, 4) is 0 Å². The van der Waals surface area contributed by atoms with Crippen molar-refractivity contribution in [2.75, 3.05) is 0 Å². The van der Waals surface area contributed by atoms with Gasteiger partial charge in [-0.25, -0.2) is 17.6 Å². The molecule has 133 valence electrons. The van der Waals surface area contributed by atoms with Gasteiger partial charge in [0.2, 0.25) is 12.3 Å². The van der Waals surface area contributed by atoms with Crippen molar-refractivity contribution in [2.45, 2.75) is 109 Å². The van der Waals surface area contributed by atoms with E-state index in [0.717, 1.165) is 51.4 Å². The molecule has 0 saturated heterocycles. The third kappa shape index (κ3) is 16.1.